The van der Waals surface area contributed by atoms with E-state index >= 15 is 0 Å². The normalized spacial score (nSPS) is 12.1. The Balaban J connectivity index is 3.37. The highest BCUT2D eigenvalue weighted by Gasteiger charge is 2.23. The summed E-state index contributed by atoms with van der Waals surface area (Å²) < 4.78 is 0. The van der Waals surface area contributed by atoms with E-state index in [1.807, 2.05) is 0 Å². The molecule has 1 aromatic rings. The lowest BCUT2D eigenvalue weighted by atomic mass is 10.0. The van der Waals surface area contributed by atoms with Crippen molar-refractivity contribution in [3.8, 4) is 5.75 Å². The smallest absolute Gasteiger partial charge is 0.336 e. The van der Waals surface area contributed by atoms with Crippen LogP contribution >= 0.6 is 15.9 Å². The number of ketones is 1. The maximum atomic E-state index is 11.1. The van der Waals surface area contributed by atoms with Gasteiger partial charge >= 0.3 is 5.97 Å². The fraction of sp³-hybridized carbons (Fsp3) is 0.200. The molecule has 0 aromatic heterocycles. The summed E-state index contributed by atoms with van der Waals surface area (Å²) in [6, 6.07) is 4.11. The van der Waals surface area contributed by atoms with Crippen molar-refractivity contribution in [1.82, 2.24) is 0 Å². The van der Waals surface area contributed by atoms with Gasteiger partial charge < -0.3 is 10.2 Å². The fourth-order valence-electron chi connectivity index (χ4n) is 1.21. The van der Waals surface area contributed by atoms with Gasteiger partial charge in [0.15, 0.2) is 0 Å². The van der Waals surface area contributed by atoms with Crippen molar-refractivity contribution < 1.29 is 19.8 Å². The first-order valence-electron chi connectivity index (χ1n) is 4.15. The van der Waals surface area contributed by atoms with Crippen LogP contribution in [-0.4, -0.2) is 22.0 Å². The molecular weight excluding hydrogens is 264 g/mol. The monoisotopic (exact) mass is 272 g/mol. The van der Waals surface area contributed by atoms with Gasteiger partial charge in [-0.1, -0.05) is 22.0 Å². The van der Waals surface area contributed by atoms with Gasteiger partial charge in [0.1, 0.15) is 16.4 Å². The van der Waals surface area contributed by atoms with Gasteiger partial charge in [0.25, 0.3) is 0 Å². The number of aromatic hydroxyl groups is 1. The third-order valence-electron chi connectivity index (χ3n) is 1.92. The predicted molar refractivity (Wildman–Crippen MR) is 57.4 cm³/mol. The Kier molecular flexibility index (Phi) is 3.47. The molecule has 0 aliphatic carbocycles. The zero-order chi connectivity index (χ0) is 11.6. The second-order valence-electron chi connectivity index (χ2n) is 3.02. The van der Waals surface area contributed by atoms with Gasteiger partial charge in [-0.3, -0.25) is 4.79 Å². The predicted octanol–water partition coefficient (Wildman–Crippen LogP) is 2.12. The number of halogens is 1. The molecule has 15 heavy (non-hydrogen) atoms. The Labute approximate surface area is 94.7 Å². The topological polar surface area (TPSA) is 74.6 Å². The van der Waals surface area contributed by atoms with Crippen molar-refractivity contribution in [3.63, 3.8) is 0 Å². The van der Waals surface area contributed by atoms with Crippen LogP contribution in [0, 0.1) is 0 Å². The first-order chi connectivity index (χ1) is 6.95. The highest BCUT2D eigenvalue weighted by Crippen LogP contribution is 2.34. The minimum atomic E-state index is -1.17. The van der Waals surface area contributed by atoms with Crippen molar-refractivity contribution >= 4 is 27.7 Å². The summed E-state index contributed by atoms with van der Waals surface area (Å²) in [5.41, 5.74) is 0.0181. The fourth-order valence-corrected chi connectivity index (χ4v) is 1.69. The Morgan fingerprint density at radius 3 is 2.47 bits per heavy atom. The van der Waals surface area contributed by atoms with Crippen molar-refractivity contribution in [1.29, 1.82) is 0 Å². The van der Waals surface area contributed by atoms with E-state index in [0.717, 1.165) is 0 Å². The van der Waals surface area contributed by atoms with Gasteiger partial charge in [0, 0.05) is 5.56 Å². The molecule has 1 atom stereocenters. The molecule has 4 nitrogen and oxygen atoms in total. The van der Waals surface area contributed by atoms with Crippen LogP contribution < -0.4 is 0 Å². The van der Waals surface area contributed by atoms with E-state index in [0.29, 0.717) is 0 Å². The number of carboxylic acid groups (broad SMARTS) is 1. The van der Waals surface area contributed by atoms with Gasteiger partial charge in [-0.25, -0.2) is 4.79 Å². The molecule has 2 N–H and O–H groups in total. The Bertz CT molecular complexity index is 414. The van der Waals surface area contributed by atoms with Crippen molar-refractivity contribution in [2.45, 2.75) is 11.8 Å². The van der Waals surface area contributed by atoms with E-state index in [2.05, 4.69) is 15.9 Å². The summed E-state index contributed by atoms with van der Waals surface area (Å²) >= 11 is 3.05. The van der Waals surface area contributed by atoms with E-state index in [9.17, 15) is 14.7 Å². The van der Waals surface area contributed by atoms with E-state index in [1.165, 1.54) is 25.1 Å². The van der Waals surface area contributed by atoms with Gasteiger partial charge in [-0.2, -0.15) is 0 Å². The molecule has 0 heterocycles. The molecular formula is C10H9BrO4. The summed E-state index contributed by atoms with van der Waals surface area (Å²) in [5.74, 6) is -1.64. The average molecular weight is 273 g/mol. The zero-order valence-corrected chi connectivity index (χ0v) is 9.48. The van der Waals surface area contributed by atoms with Gasteiger partial charge in [-0.15, -0.1) is 0 Å². The lowest BCUT2D eigenvalue weighted by molar-refractivity contribution is -0.116. The number of carbonyl (C=O) groups excluding carboxylic acids is 1. The molecule has 80 valence electrons. The van der Waals surface area contributed by atoms with Gasteiger partial charge in [-0.05, 0) is 19.1 Å². The number of alkyl halides is 1. The Hall–Kier alpha value is -1.36. The zero-order valence-electron chi connectivity index (χ0n) is 7.90. The van der Waals surface area contributed by atoms with Crippen LogP contribution in [0.25, 0.3) is 0 Å². The number of phenolic OH excluding ortho intramolecular Hbond substituents is 1. The van der Waals surface area contributed by atoms with Crippen LogP contribution in [0.15, 0.2) is 18.2 Å². The maximum Gasteiger partial charge on any atom is 0.336 e. The number of carbonyl (C=O) groups is 2. The third-order valence-corrected chi connectivity index (χ3v) is 3.03. The molecule has 1 aromatic carbocycles. The van der Waals surface area contributed by atoms with E-state index in [4.69, 9.17) is 5.11 Å². The summed E-state index contributed by atoms with van der Waals surface area (Å²) in [6.07, 6.45) is 0. The van der Waals surface area contributed by atoms with Crippen molar-refractivity contribution in [3.05, 3.63) is 29.3 Å². The van der Waals surface area contributed by atoms with E-state index < -0.39 is 10.8 Å². The standard InChI is InChI=1S/C10H9BrO4/c1-5(12)9(11)8-6(10(14)15)3-2-4-7(8)13/h2-4,9,13H,1H3,(H,14,15). The van der Waals surface area contributed by atoms with Crippen LogP contribution in [0.3, 0.4) is 0 Å². The van der Waals surface area contributed by atoms with Crippen molar-refractivity contribution in [2.75, 3.05) is 0 Å². The summed E-state index contributed by atoms with van der Waals surface area (Å²) in [7, 11) is 0. The molecule has 0 fully saturated rings. The molecule has 0 saturated heterocycles. The van der Waals surface area contributed by atoms with Gasteiger partial charge in [0.05, 0.1) is 5.56 Å². The number of Topliss-reactive ketones (excluding diaryl/α,β-unsaturated/α-hetero) is 1. The van der Waals surface area contributed by atoms with Crippen LogP contribution in [0.4, 0.5) is 0 Å². The van der Waals surface area contributed by atoms with E-state index in [1.54, 1.807) is 0 Å². The molecule has 0 radical (unpaired) electrons. The maximum absolute atomic E-state index is 11.1. The number of rotatable bonds is 3. The van der Waals surface area contributed by atoms with Crippen LogP contribution in [0.5, 0.6) is 5.75 Å². The van der Waals surface area contributed by atoms with Crippen LogP contribution in [0.2, 0.25) is 0 Å². The number of aromatic carboxylic acids is 1. The lowest BCUT2D eigenvalue weighted by Gasteiger charge is -2.11. The largest absolute Gasteiger partial charge is 0.508 e. The summed E-state index contributed by atoms with van der Waals surface area (Å²) in [4.78, 5) is 21.2. The number of hydrogen-bond acceptors (Lipinski definition) is 3. The SMILES string of the molecule is CC(=O)C(Br)c1c(O)cccc1C(=O)O. The number of phenols is 1. The molecule has 0 aliphatic heterocycles. The highest BCUT2D eigenvalue weighted by atomic mass is 79.9. The molecule has 1 rings (SSSR count). The minimum absolute atomic E-state index is 0.0768. The molecule has 1 unspecified atom stereocenters. The Morgan fingerprint density at radius 1 is 1.40 bits per heavy atom. The molecule has 0 spiro atoms. The second-order valence-corrected chi connectivity index (χ2v) is 3.93. The van der Waals surface area contributed by atoms with E-state index in [-0.39, 0.29) is 22.7 Å². The van der Waals surface area contributed by atoms with Crippen LogP contribution in [0.1, 0.15) is 27.7 Å². The van der Waals surface area contributed by atoms with Crippen molar-refractivity contribution in [2.24, 2.45) is 0 Å². The lowest BCUT2D eigenvalue weighted by Crippen LogP contribution is -2.09. The number of hydrogen-bond donors (Lipinski definition) is 2. The molecule has 0 aliphatic rings. The minimum Gasteiger partial charge on any atom is -0.508 e. The highest BCUT2D eigenvalue weighted by molar-refractivity contribution is 9.09. The summed E-state index contributed by atoms with van der Waals surface area (Å²) in [6.45, 7) is 1.32. The average Bonchev–Trinajstić information content (AvgIpc) is 2.16. The number of benzene rings is 1. The molecule has 5 heteroatoms. The van der Waals surface area contributed by atoms with Gasteiger partial charge in [0.2, 0.25) is 0 Å². The molecule has 0 saturated carbocycles. The first kappa shape index (κ1) is 11.7. The quantitative estimate of drug-likeness (QED) is 0.827. The second kappa shape index (κ2) is 4.44. The molecule has 0 amide bonds. The third kappa shape index (κ3) is 2.36. The summed E-state index contributed by atoms with van der Waals surface area (Å²) in [5, 5.41) is 18.4. The number of carboxylic acids is 1. The van der Waals surface area contributed by atoms with Crippen LogP contribution in [-0.2, 0) is 4.79 Å². The Morgan fingerprint density at radius 2 is 2.00 bits per heavy atom. The first-order valence-corrected chi connectivity index (χ1v) is 5.06. The molecule has 0 bridgehead atoms.